The molecule has 0 aliphatic rings. The highest BCUT2D eigenvalue weighted by Gasteiger charge is 2.06. The van der Waals surface area contributed by atoms with E-state index < -0.39 is 0 Å². The second-order valence-electron chi connectivity index (χ2n) is 5.01. The molecule has 5 nitrogen and oxygen atoms in total. The largest absolute Gasteiger partial charge is 0.306 e. The van der Waals surface area contributed by atoms with Gasteiger partial charge in [0.1, 0.15) is 5.82 Å². The van der Waals surface area contributed by atoms with E-state index in [-0.39, 0.29) is 5.56 Å². The predicted octanol–water partition coefficient (Wildman–Crippen LogP) is 2.44. The Morgan fingerprint density at radius 3 is 2.67 bits per heavy atom. The normalized spacial score (nSPS) is 11.6. The van der Waals surface area contributed by atoms with Crippen LogP contribution in [0.3, 0.4) is 0 Å². The molecule has 5 heteroatoms. The first kappa shape index (κ1) is 13.3. The van der Waals surface area contributed by atoms with Gasteiger partial charge >= 0.3 is 0 Å². The zero-order valence-corrected chi connectivity index (χ0v) is 12.2. The molecule has 0 fully saturated rings. The number of aryl methyl sites for hydroxylation is 2. The molecule has 0 unspecified atom stereocenters. The summed E-state index contributed by atoms with van der Waals surface area (Å²) in [6, 6.07) is 7.31. The number of hydrogen-bond acceptors (Lipinski definition) is 3. The van der Waals surface area contributed by atoms with Crippen LogP contribution in [0, 0.1) is 13.8 Å². The van der Waals surface area contributed by atoms with E-state index in [0.29, 0.717) is 16.7 Å². The lowest BCUT2D eigenvalue weighted by atomic mass is 10.2. The molecule has 106 valence electrons. The summed E-state index contributed by atoms with van der Waals surface area (Å²) in [5.41, 5.74) is 3.65. The quantitative estimate of drug-likeness (QED) is 0.784. The molecule has 2 heterocycles. The number of H-pyrrole nitrogens is 1. The van der Waals surface area contributed by atoms with Crippen molar-refractivity contribution in [3.05, 3.63) is 57.4 Å². The van der Waals surface area contributed by atoms with Crippen LogP contribution in [0.4, 0.5) is 0 Å². The fourth-order valence-corrected chi connectivity index (χ4v) is 2.38. The second kappa shape index (κ2) is 5.01. The summed E-state index contributed by atoms with van der Waals surface area (Å²) in [4.78, 5) is 19.2. The Bertz CT molecular complexity index is 902. The fraction of sp³-hybridized carbons (Fsp3) is 0.188. The summed E-state index contributed by atoms with van der Waals surface area (Å²) in [5.74, 6) is 0.543. The van der Waals surface area contributed by atoms with Crippen molar-refractivity contribution < 1.29 is 0 Å². The van der Waals surface area contributed by atoms with Crippen molar-refractivity contribution in [2.45, 2.75) is 13.8 Å². The van der Waals surface area contributed by atoms with E-state index >= 15 is 0 Å². The summed E-state index contributed by atoms with van der Waals surface area (Å²) in [6.45, 7) is 3.97. The molecule has 0 amide bonds. The fourth-order valence-electron chi connectivity index (χ4n) is 2.38. The zero-order valence-electron chi connectivity index (χ0n) is 12.2. The van der Waals surface area contributed by atoms with E-state index in [1.807, 2.05) is 55.9 Å². The van der Waals surface area contributed by atoms with Crippen LogP contribution in [0.15, 0.2) is 29.1 Å². The van der Waals surface area contributed by atoms with Gasteiger partial charge in [0, 0.05) is 18.3 Å². The van der Waals surface area contributed by atoms with Gasteiger partial charge in [-0.15, -0.1) is 0 Å². The Morgan fingerprint density at radius 2 is 1.95 bits per heavy atom. The maximum atomic E-state index is 12.0. The summed E-state index contributed by atoms with van der Waals surface area (Å²) in [5, 5.41) is 4.96. The van der Waals surface area contributed by atoms with Gasteiger partial charge in [-0.1, -0.05) is 12.1 Å². The number of nitrogens with zero attached hydrogens (tertiary/aromatic N) is 3. The first-order valence-electron chi connectivity index (χ1n) is 6.73. The lowest BCUT2D eigenvalue weighted by molar-refractivity contribution is 0.731. The Labute approximate surface area is 122 Å². The summed E-state index contributed by atoms with van der Waals surface area (Å²) >= 11 is 0. The third-order valence-corrected chi connectivity index (χ3v) is 3.60. The predicted molar refractivity (Wildman–Crippen MR) is 84.0 cm³/mol. The molecular weight excluding hydrogens is 264 g/mol. The van der Waals surface area contributed by atoms with Crippen LogP contribution >= 0.6 is 0 Å². The zero-order chi connectivity index (χ0) is 15.0. The maximum absolute atomic E-state index is 12.0. The molecule has 0 atom stereocenters. The highest BCUT2D eigenvalue weighted by Crippen LogP contribution is 2.15. The van der Waals surface area contributed by atoms with E-state index in [1.165, 1.54) is 0 Å². The summed E-state index contributed by atoms with van der Waals surface area (Å²) in [7, 11) is 1.91. The van der Waals surface area contributed by atoms with Crippen molar-refractivity contribution in [1.82, 2.24) is 19.7 Å². The molecular formula is C16H16N4O. The van der Waals surface area contributed by atoms with Gasteiger partial charge < -0.3 is 4.98 Å². The third-order valence-electron chi connectivity index (χ3n) is 3.60. The average Bonchev–Trinajstić information content (AvgIpc) is 2.70. The molecule has 3 aromatic rings. The monoisotopic (exact) mass is 280 g/mol. The Morgan fingerprint density at radius 1 is 1.19 bits per heavy atom. The molecule has 3 rings (SSSR count). The van der Waals surface area contributed by atoms with E-state index in [1.54, 1.807) is 6.07 Å². The minimum Gasteiger partial charge on any atom is -0.306 e. The Kier molecular flexibility index (Phi) is 3.17. The molecule has 21 heavy (non-hydrogen) atoms. The van der Waals surface area contributed by atoms with Crippen LogP contribution in [0.1, 0.15) is 22.8 Å². The van der Waals surface area contributed by atoms with E-state index in [4.69, 9.17) is 0 Å². The van der Waals surface area contributed by atoms with Crippen LogP contribution in [0.25, 0.3) is 23.1 Å². The molecule has 1 N–H and O–H groups in total. The lowest BCUT2D eigenvalue weighted by Gasteiger charge is -1.99. The van der Waals surface area contributed by atoms with Gasteiger partial charge in [-0.25, -0.2) is 4.98 Å². The van der Waals surface area contributed by atoms with Gasteiger partial charge in [0.25, 0.3) is 5.56 Å². The number of para-hydroxylation sites is 1. The van der Waals surface area contributed by atoms with E-state index in [9.17, 15) is 4.79 Å². The lowest BCUT2D eigenvalue weighted by Crippen LogP contribution is -2.09. The molecule has 0 spiro atoms. The first-order chi connectivity index (χ1) is 10.1. The molecule has 0 radical (unpaired) electrons. The number of fused-ring (bicyclic) bond motifs is 1. The standard InChI is InChI=1S/C16H16N4O/c1-10-12(11(2)20(3)19-10)8-9-15-17-14-7-5-4-6-13(14)16(21)18-15/h4-9H,1-3H3,(H,17,18,21)/b9-8+. The number of benzene rings is 1. The Balaban J connectivity index is 2.06. The van der Waals surface area contributed by atoms with Gasteiger partial charge in [0.15, 0.2) is 0 Å². The molecule has 0 aliphatic carbocycles. The minimum absolute atomic E-state index is 0.125. The van der Waals surface area contributed by atoms with Crippen molar-refractivity contribution in [3.8, 4) is 0 Å². The molecule has 0 saturated heterocycles. The number of hydrogen-bond donors (Lipinski definition) is 1. The number of aromatic nitrogens is 4. The number of aromatic amines is 1. The van der Waals surface area contributed by atoms with Gasteiger partial charge in [-0.05, 0) is 38.1 Å². The van der Waals surface area contributed by atoms with Crippen LogP contribution in [0.5, 0.6) is 0 Å². The first-order valence-corrected chi connectivity index (χ1v) is 6.73. The van der Waals surface area contributed by atoms with Crippen molar-refractivity contribution in [3.63, 3.8) is 0 Å². The number of rotatable bonds is 2. The summed E-state index contributed by atoms with van der Waals surface area (Å²) in [6.07, 6.45) is 3.75. The van der Waals surface area contributed by atoms with Crippen molar-refractivity contribution in [2.24, 2.45) is 7.05 Å². The second-order valence-corrected chi connectivity index (χ2v) is 5.01. The third kappa shape index (κ3) is 2.38. The Hall–Kier alpha value is -2.69. The van der Waals surface area contributed by atoms with Crippen molar-refractivity contribution in [1.29, 1.82) is 0 Å². The smallest absolute Gasteiger partial charge is 0.259 e. The van der Waals surface area contributed by atoms with Crippen molar-refractivity contribution in [2.75, 3.05) is 0 Å². The van der Waals surface area contributed by atoms with Gasteiger partial charge in [-0.2, -0.15) is 5.10 Å². The number of nitrogens with one attached hydrogen (secondary N) is 1. The average molecular weight is 280 g/mol. The van der Waals surface area contributed by atoms with Crippen LogP contribution in [0.2, 0.25) is 0 Å². The van der Waals surface area contributed by atoms with Crippen LogP contribution in [-0.2, 0) is 7.05 Å². The molecule has 0 aliphatic heterocycles. The molecule has 1 aromatic carbocycles. The maximum Gasteiger partial charge on any atom is 0.259 e. The highest BCUT2D eigenvalue weighted by molar-refractivity contribution is 5.79. The van der Waals surface area contributed by atoms with Crippen molar-refractivity contribution >= 4 is 23.1 Å². The van der Waals surface area contributed by atoms with E-state index in [2.05, 4.69) is 15.1 Å². The van der Waals surface area contributed by atoms with Crippen LogP contribution < -0.4 is 5.56 Å². The van der Waals surface area contributed by atoms with E-state index in [0.717, 1.165) is 17.0 Å². The van der Waals surface area contributed by atoms with Crippen LogP contribution in [-0.4, -0.2) is 19.7 Å². The topological polar surface area (TPSA) is 63.6 Å². The molecule has 0 saturated carbocycles. The highest BCUT2D eigenvalue weighted by atomic mass is 16.1. The molecule has 0 bridgehead atoms. The minimum atomic E-state index is -0.125. The molecule has 2 aromatic heterocycles. The van der Waals surface area contributed by atoms with Gasteiger partial charge in [0.05, 0.1) is 16.6 Å². The van der Waals surface area contributed by atoms with Gasteiger partial charge in [-0.3, -0.25) is 9.48 Å². The summed E-state index contributed by atoms with van der Waals surface area (Å²) < 4.78 is 1.84. The SMILES string of the molecule is Cc1nn(C)c(C)c1/C=C/c1nc2ccccc2c(=O)[nH]1. The van der Waals surface area contributed by atoms with Gasteiger partial charge in [0.2, 0.25) is 0 Å².